The van der Waals surface area contributed by atoms with Crippen molar-refractivity contribution in [3.05, 3.63) is 32.1 Å². The Balaban J connectivity index is 2.91. The summed E-state index contributed by atoms with van der Waals surface area (Å²) in [6.07, 6.45) is 0. The number of nitrogens with one attached hydrogen (secondary N) is 1. The number of hydrogen-bond donors (Lipinski definition) is 3. The van der Waals surface area contributed by atoms with Crippen molar-refractivity contribution < 1.29 is 0 Å². The monoisotopic (exact) mass is 317 g/mol. The minimum Gasteiger partial charge on any atom is -0.333 e. The van der Waals surface area contributed by atoms with Crippen LogP contribution < -0.4 is 22.7 Å². The van der Waals surface area contributed by atoms with Crippen LogP contribution in [-0.2, 0) is 0 Å². The highest BCUT2D eigenvalue weighted by molar-refractivity contribution is 14.1. The van der Waals surface area contributed by atoms with Crippen LogP contribution in [0.15, 0.2) is 23.0 Å². The minimum absolute atomic E-state index is 0.133. The summed E-state index contributed by atoms with van der Waals surface area (Å²) in [6, 6.07) is 5.34. The van der Waals surface area contributed by atoms with Crippen molar-refractivity contribution in [2.24, 2.45) is 5.84 Å². The van der Waals surface area contributed by atoms with Crippen LogP contribution in [0.1, 0.15) is 0 Å². The first-order chi connectivity index (χ1) is 7.13. The van der Waals surface area contributed by atoms with E-state index < -0.39 is 0 Å². The van der Waals surface area contributed by atoms with Crippen molar-refractivity contribution in [1.29, 1.82) is 0 Å². The van der Waals surface area contributed by atoms with E-state index in [1.54, 1.807) is 12.1 Å². The molecule has 5 N–H and O–H groups in total. The van der Waals surface area contributed by atoms with Gasteiger partial charge in [-0.1, -0.05) is 0 Å². The zero-order valence-electron chi connectivity index (χ0n) is 7.57. The molecule has 1 heterocycles. The Kier molecular flexibility index (Phi) is 2.49. The van der Waals surface area contributed by atoms with E-state index in [2.05, 4.69) is 33.0 Å². The third-order valence-electron chi connectivity index (χ3n) is 1.99. The van der Waals surface area contributed by atoms with E-state index in [9.17, 15) is 4.79 Å². The van der Waals surface area contributed by atoms with Gasteiger partial charge in [0, 0.05) is 3.57 Å². The molecule has 0 aliphatic heterocycles. The lowest BCUT2D eigenvalue weighted by atomic mass is 10.2. The quantitative estimate of drug-likeness (QED) is 0.391. The van der Waals surface area contributed by atoms with Gasteiger partial charge in [-0.15, -0.1) is 0 Å². The number of rotatable bonds is 1. The SMILES string of the molecule is NNc1nc2ccc(I)cc2c(=O)n1N. The predicted octanol–water partition coefficient (Wildman–Crippen LogP) is 0.000500. The first-order valence-electron chi connectivity index (χ1n) is 4.07. The number of nitrogen functional groups attached to an aromatic ring is 2. The zero-order chi connectivity index (χ0) is 11.0. The first kappa shape index (κ1) is 10.2. The molecule has 15 heavy (non-hydrogen) atoms. The normalized spacial score (nSPS) is 10.5. The Hall–Kier alpha value is -1.35. The largest absolute Gasteiger partial charge is 0.333 e. The summed E-state index contributed by atoms with van der Waals surface area (Å²) in [5, 5.41) is 0.475. The molecule has 1 aromatic carbocycles. The van der Waals surface area contributed by atoms with Crippen LogP contribution in [0.5, 0.6) is 0 Å². The number of nitrogens with two attached hydrogens (primary N) is 2. The molecule has 2 rings (SSSR count). The molecule has 0 unspecified atom stereocenters. The van der Waals surface area contributed by atoms with Crippen molar-refractivity contribution >= 4 is 39.4 Å². The summed E-state index contributed by atoms with van der Waals surface area (Å²) in [7, 11) is 0. The van der Waals surface area contributed by atoms with Gasteiger partial charge in [0.25, 0.3) is 5.56 Å². The predicted molar refractivity (Wildman–Crippen MR) is 66.7 cm³/mol. The molecule has 0 radical (unpaired) electrons. The number of nitrogens with zero attached hydrogens (tertiary/aromatic N) is 2. The molecule has 0 fully saturated rings. The van der Waals surface area contributed by atoms with E-state index in [-0.39, 0.29) is 11.5 Å². The maximum atomic E-state index is 11.8. The van der Waals surface area contributed by atoms with Gasteiger partial charge in [0.2, 0.25) is 5.95 Å². The Morgan fingerprint density at radius 1 is 1.47 bits per heavy atom. The number of hydrogen-bond acceptors (Lipinski definition) is 5. The van der Waals surface area contributed by atoms with Crippen LogP contribution in [0, 0.1) is 3.57 Å². The second-order valence-electron chi connectivity index (χ2n) is 2.92. The van der Waals surface area contributed by atoms with Crippen molar-refractivity contribution in [2.75, 3.05) is 11.3 Å². The molecular weight excluding hydrogens is 309 g/mol. The van der Waals surface area contributed by atoms with E-state index in [1.807, 2.05) is 6.07 Å². The van der Waals surface area contributed by atoms with Crippen molar-refractivity contribution in [2.45, 2.75) is 0 Å². The Labute approximate surface area is 98.4 Å². The Morgan fingerprint density at radius 3 is 2.87 bits per heavy atom. The fraction of sp³-hybridized carbons (Fsp3) is 0. The maximum absolute atomic E-state index is 11.8. The van der Waals surface area contributed by atoms with Crippen LogP contribution in [0.25, 0.3) is 10.9 Å². The third kappa shape index (κ3) is 1.63. The van der Waals surface area contributed by atoms with Gasteiger partial charge in [0.05, 0.1) is 10.9 Å². The lowest BCUT2D eigenvalue weighted by molar-refractivity contribution is 0.911. The van der Waals surface area contributed by atoms with Gasteiger partial charge in [-0.25, -0.2) is 10.8 Å². The lowest BCUT2D eigenvalue weighted by Gasteiger charge is -2.07. The van der Waals surface area contributed by atoms with Crippen LogP contribution in [-0.4, -0.2) is 9.66 Å². The van der Waals surface area contributed by atoms with E-state index in [0.29, 0.717) is 10.9 Å². The molecule has 0 saturated carbocycles. The fourth-order valence-electron chi connectivity index (χ4n) is 1.27. The number of aromatic nitrogens is 2. The summed E-state index contributed by atoms with van der Waals surface area (Å²) in [5.41, 5.74) is 2.51. The molecule has 7 heteroatoms. The van der Waals surface area contributed by atoms with Crippen molar-refractivity contribution in [1.82, 2.24) is 9.66 Å². The molecule has 1 aromatic heterocycles. The van der Waals surface area contributed by atoms with Crippen LogP contribution in [0.4, 0.5) is 5.95 Å². The van der Waals surface area contributed by atoms with Gasteiger partial charge in [-0.05, 0) is 40.8 Å². The van der Waals surface area contributed by atoms with Gasteiger partial charge in [0.1, 0.15) is 0 Å². The summed E-state index contributed by atoms with van der Waals surface area (Å²) < 4.78 is 1.84. The van der Waals surface area contributed by atoms with Crippen LogP contribution in [0.3, 0.4) is 0 Å². The van der Waals surface area contributed by atoms with Gasteiger partial charge < -0.3 is 5.84 Å². The Bertz CT molecular complexity index is 579. The minimum atomic E-state index is -0.327. The summed E-state index contributed by atoms with van der Waals surface area (Å²) in [5.74, 6) is 10.8. The lowest BCUT2D eigenvalue weighted by Crippen LogP contribution is -2.32. The summed E-state index contributed by atoms with van der Waals surface area (Å²) in [4.78, 5) is 15.9. The van der Waals surface area contributed by atoms with E-state index >= 15 is 0 Å². The smallest absolute Gasteiger partial charge is 0.281 e. The van der Waals surface area contributed by atoms with E-state index in [0.717, 1.165) is 8.25 Å². The molecule has 2 aromatic rings. The molecule has 6 nitrogen and oxygen atoms in total. The van der Waals surface area contributed by atoms with Crippen molar-refractivity contribution in [3.8, 4) is 0 Å². The van der Waals surface area contributed by atoms with Crippen LogP contribution >= 0.6 is 22.6 Å². The Morgan fingerprint density at radius 2 is 2.20 bits per heavy atom. The molecule has 78 valence electrons. The highest BCUT2D eigenvalue weighted by Crippen LogP contribution is 2.13. The number of hydrazine groups is 1. The standard InChI is InChI=1S/C8H8IN5O/c9-4-1-2-6-5(3-4)7(15)14(11)8(12-6)13-10/h1-3H,10-11H2,(H,12,13). The third-order valence-corrected chi connectivity index (χ3v) is 2.66. The number of benzene rings is 1. The van der Waals surface area contributed by atoms with Crippen molar-refractivity contribution in [3.63, 3.8) is 0 Å². The summed E-state index contributed by atoms with van der Waals surface area (Å²) in [6.45, 7) is 0. The zero-order valence-corrected chi connectivity index (χ0v) is 9.72. The molecule has 0 saturated heterocycles. The average molecular weight is 317 g/mol. The van der Waals surface area contributed by atoms with Gasteiger partial charge in [-0.3, -0.25) is 10.2 Å². The van der Waals surface area contributed by atoms with E-state index in [4.69, 9.17) is 11.7 Å². The molecule has 0 spiro atoms. The molecule has 0 aliphatic rings. The molecule has 0 amide bonds. The molecule has 0 bridgehead atoms. The van der Waals surface area contributed by atoms with Crippen LogP contribution in [0.2, 0.25) is 0 Å². The van der Waals surface area contributed by atoms with Gasteiger partial charge in [0.15, 0.2) is 0 Å². The highest BCUT2D eigenvalue weighted by atomic mass is 127. The molecule has 0 aliphatic carbocycles. The molecular formula is C8H8IN5O. The summed E-state index contributed by atoms with van der Waals surface area (Å²) >= 11 is 2.12. The molecule has 0 atom stereocenters. The number of halogens is 1. The second-order valence-corrected chi connectivity index (χ2v) is 4.16. The average Bonchev–Trinajstić information content (AvgIpc) is 2.24. The van der Waals surface area contributed by atoms with Gasteiger partial charge in [-0.2, -0.15) is 4.68 Å². The number of anilines is 1. The van der Waals surface area contributed by atoms with Gasteiger partial charge >= 0.3 is 0 Å². The maximum Gasteiger partial charge on any atom is 0.281 e. The topological polar surface area (TPSA) is 99.0 Å². The fourth-order valence-corrected chi connectivity index (χ4v) is 1.76. The first-order valence-corrected chi connectivity index (χ1v) is 5.15. The van der Waals surface area contributed by atoms with E-state index in [1.165, 1.54) is 0 Å². The number of fused-ring (bicyclic) bond motifs is 1. The second kappa shape index (κ2) is 3.66. The highest BCUT2D eigenvalue weighted by Gasteiger charge is 2.07.